The number of hydrogen-bond acceptors (Lipinski definition) is 5. The molecule has 10 heteroatoms. The summed E-state index contributed by atoms with van der Waals surface area (Å²) in [6, 6.07) is 4.21. The Morgan fingerprint density at radius 3 is 2.63 bits per heavy atom. The van der Waals surface area contributed by atoms with Gasteiger partial charge in [0.2, 0.25) is 5.82 Å². The molecular weight excluding hydrogens is 519 g/mol. The number of nitrogens with zero attached hydrogens (tertiary/aromatic N) is 5. The minimum absolute atomic E-state index is 0.286. The highest BCUT2D eigenvalue weighted by molar-refractivity contribution is 9.09. The number of alkyl halides is 2. The molecule has 1 aromatic heterocycles. The standard InChI is InChI=1S/C18H19Br2FN6O.C2H6/c1-3-5-6-7-15(4-2)28-16-9-13(21)8-14(10-16)27-25-18(24-26-27)17(22-11-19)23-12-20;1-2/h3-10H,11-12H2,1-2H3,(H,22,23);1-2H3/b5-3-,7-6-,15-4+;. The fourth-order valence-electron chi connectivity index (χ4n) is 2.06. The first kappa shape index (κ1) is 25.7. The quantitative estimate of drug-likeness (QED) is 0.122. The SMILES string of the molecule is CC.C\C=C/C=C\C(=C/C)Oc1cc(F)cc(-n2nnc(/C(=N/CBr)NCBr)n2)c1. The minimum Gasteiger partial charge on any atom is -0.458 e. The van der Waals surface area contributed by atoms with Crippen molar-refractivity contribution in [3.63, 3.8) is 0 Å². The summed E-state index contributed by atoms with van der Waals surface area (Å²) in [6.07, 6.45) is 9.17. The number of ether oxygens (including phenoxy) is 1. The van der Waals surface area contributed by atoms with E-state index < -0.39 is 5.82 Å². The summed E-state index contributed by atoms with van der Waals surface area (Å²) >= 11 is 6.50. The molecule has 7 nitrogen and oxygen atoms in total. The van der Waals surface area contributed by atoms with Crippen LogP contribution in [0.3, 0.4) is 0 Å². The molecule has 30 heavy (non-hydrogen) atoms. The van der Waals surface area contributed by atoms with Crippen LogP contribution in [0.1, 0.15) is 33.5 Å². The number of rotatable bonds is 8. The monoisotopic (exact) mass is 542 g/mol. The molecule has 1 N–H and O–H groups in total. The molecule has 0 fully saturated rings. The van der Waals surface area contributed by atoms with Gasteiger partial charge in [-0.1, -0.05) is 63.9 Å². The maximum absolute atomic E-state index is 14.1. The van der Waals surface area contributed by atoms with Gasteiger partial charge < -0.3 is 10.1 Å². The van der Waals surface area contributed by atoms with Crippen molar-refractivity contribution in [2.75, 3.05) is 10.9 Å². The smallest absolute Gasteiger partial charge is 0.239 e. The highest BCUT2D eigenvalue weighted by Crippen LogP contribution is 2.21. The van der Waals surface area contributed by atoms with Gasteiger partial charge in [-0.05, 0) is 31.2 Å². The lowest BCUT2D eigenvalue weighted by Gasteiger charge is -2.08. The number of amidine groups is 1. The molecule has 2 aromatic rings. The molecule has 2 rings (SSSR count). The Bertz CT molecular complexity index is 908. The van der Waals surface area contributed by atoms with E-state index >= 15 is 0 Å². The summed E-state index contributed by atoms with van der Waals surface area (Å²) in [5.74, 6) is 1.16. The second-order valence-electron chi connectivity index (χ2n) is 5.16. The first-order chi connectivity index (χ1) is 14.6. The van der Waals surface area contributed by atoms with Gasteiger partial charge >= 0.3 is 0 Å². The van der Waals surface area contributed by atoms with Crippen molar-refractivity contribution in [1.29, 1.82) is 0 Å². The minimum atomic E-state index is -0.479. The Morgan fingerprint density at radius 1 is 1.23 bits per heavy atom. The lowest BCUT2D eigenvalue weighted by molar-refractivity contribution is 0.438. The van der Waals surface area contributed by atoms with Crippen molar-refractivity contribution in [3.05, 3.63) is 66.0 Å². The first-order valence-electron chi connectivity index (χ1n) is 9.26. The number of aliphatic imine (C=N–C) groups is 1. The summed E-state index contributed by atoms with van der Waals surface area (Å²) in [5.41, 5.74) is 1.22. The second-order valence-corrected chi connectivity index (χ2v) is 6.22. The van der Waals surface area contributed by atoms with E-state index in [9.17, 15) is 4.39 Å². The number of nitrogens with one attached hydrogen (secondary N) is 1. The molecule has 0 amide bonds. The van der Waals surface area contributed by atoms with Gasteiger partial charge in [0.1, 0.15) is 17.3 Å². The number of halogens is 3. The number of hydrogen-bond donors (Lipinski definition) is 1. The van der Waals surface area contributed by atoms with Crippen LogP contribution in [0.4, 0.5) is 4.39 Å². The molecule has 0 atom stereocenters. The third kappa shape index (κ3) is 8.19. The third-order valence-electron chi connectivity index (χ3n) is 3.25. The molecule has 0 unspecified atom stereocenters. The fourth-order valence-corrected chi connectivity index (χ4v) is 2.57. The van der Waals surface area contributed by atoms with E-state index in [1.807, 2.05) is 45.9 Å². The summed E-state index contributed by atoms with van der Waals surface area (Å²) in [6.45, 7) is 7.75. The third-order valence-corrected chi connectivity index (χ3v) is 3.78. The van der Waals surface area contributed by atoms with E-state index in [4.69, 9.17) is 4.74 Å². The largest absolute Gasteiger partial charge is 0.458 e. The Balaban J connectivity index is 0.00000218. The van der Waals surface area contributed by atoms with Crippen LogP contribution in [0.5, 0.6) is 5.75 Å². The number of benzene rings is 1. The van der Waals surface area contributed by atoms with Crippen molar-refractivity contribution in [3.8, 4) is 11.4 Å². The summed E-state index contributed by atoms with van der Waals surface area (Å²) in [4.78, 5) is 5.42. The Labute approximate surface area is 193 Å². The van der Waals surface area contributed by atoms with Gasteiger partial charge in [0.25, 0.3) is 0 Å². The van der Waals surface area contributed by atoms with Gasteiger partial charge in [-0.3, -0.25) is 4.99 Å². The highest BCUT2D eigenvalue weighted by Gasteiger charge is 2.13. The van der Waals surface area contributed by atoms with E-state index in [0.29, 0.717) is 33.9 Å². The van der Waals surface area contributed by atoms with Gasteiger partial charge in [-0.15, -0.1) is 15.0 Å². The van der Waals surface area contributed by atoms with Crippen LogP contribution in [-0.2, 0) is 0 Å². The lowest BCUT2D eigenvalue weighted by atomic mass is 10.3. The van der Waals surface area contributed by atoms with Crippen LogP contribution in [-0.4, -0.2) is 37.0 Å². The molecule has 1 aromatic carbocycles. The molecule has 162 valence electrons. The summed E-state index contributed by atoms with van der Waals surface area (Å²) < 4.78 is 19.9. The topological polar surface area (TPSA) is 77.2 Å². The van der Waals surface area contributed by atoms with Crippen molar-refractivity contribution in [2.45, 2.75) is 27.7 Å². The number of aromatic nitrogens is 4. The van der Waals surface area contributed by atoms with Gasteiger partial charge in [-0.2, -0.15) is 0 Å². The van der Waals surface area contributed by atoms with Crippen LogP contribution >= 0.6 is 31.9 Å². The molecule has 0 radical (unpaired) electrons. The average molecular weight is 544 g/mol. The predicted molar refractivity (Wildman–Crippen MR) is 126 cm³/mol. The highest BCUT2D eigenvalue weighted by atomic mass is 79.9. The first-order valence-corrected chi connectivity index (χ1v) is 11.5. The fraction of sp³-hybridized carbons (Fsp3) is 0.300. The van der Waals surface area contributed by atoms with Crippen molar-refractivity contribution >= 4 is 37.7 Å². The molecule has 0 aliphatic rings. The molecule has 0 aliphatic carbocycles. The maximum atomic E-state index is 14.1. The van der Waals surface area contributed by atoms with E-state index in [0.717, 1.165) is 0 Å². The van der Waals surface area contributed by atoms with E-state index in [-0.39, 0.29) is 5.82 Å². The van der Waals surface area contributed by atoms with Gasteiger partial charge in [0.05, 0.1) is 16.6 Å². The molecule has 0 aliphatic heterocycles. The normalized spacial score (nSPS) is 12.2. The van der Waals surface area contributed by atoms with E-state index in [1.54, 1.807) is 18.2 Å². The molecule has 0 saturated heterocycles. The van der Waals surface area contributed by atoms with Gasteiger partial charge in [0, 0.05) is 18.2 Å². The molecule has 0 saturated carbocycles. The number of allylic oxidation sites excluding steroid dienone is 5. The van der Waals surface area contributed by atoms with Crippen molar-refractivity contribution in [1.82, 2.24) is 25.5 Å². The Morgan fingerprint density at radius 2 is 2.00 bits per heavy atom. The summed E-state index contributed by atoms with van der Waals surface area (Å²) in [7, 11) is 0. The van der Waals surface area contributed by atoms with E-state index in [2.05, 4.69) is 57.6 Å². The number of tetrazole rings is 1. The van der Waals surface area contributed by atoms with Gasteiger partial charge in [0.15, 0.2) is 5.84 Å². The Kier molecular flexibility index (Phi) is 12.5. The van der Waals surface area contributed by atoms with Crippen LogP contribution in [0.25, 0.3) is 5.69 Å². The van der Waals surface area contributed by atoms with Crippen LogP contribution < -0.4 is 10.1 Å². The lowest BCUT2D eigenvalue weighted by Crippen LogP contribution is -2.24. The molecular formula is C20H25Br2FN6O. The average Bonchev–Trinajstić information content (AvgIpc) is 3.24. The van der Waals surface area contributed by atoms with Gasteiger partial charge in [-0.25, -0.2) is 4.39 Å². The summed E-state index contributed by atoms with van der Waals surface area (Å²) in [5, 5.41) is 15.2. The zero-order valence-electron chi connectivity index (χ0n) is 17.3. The predicted octanol–water partition coefficient (Wildman–Crippen LogP) is 5.28. The van der Waals surface area contributed by atoms with Crippen LogP contribution in [0.2, 0.25) is 0 Å². The maximum Gasteiger partial charge on any atom is 0.239 e. The van der Waals surface area contributed by atoms with Crippen LogP contribution in [0, 0.1) is 5.82 Å². The molecule has 0 bridgehead atoms. The zero-order valence-corrected chi connectivity index (χ0v) is 20.5. The van der Waals surface area contributed by atoms with Crippen molar-refractivity contribution in [2.24, 2.45) is 4.99 Å². The van der Waals surface area contributed by atoms with E-state index in [1.165, 1.54) is 16.9 Å². The molecule has 0 spiro atoms. The molecule has 1 heterocycles. The van der Waals surface area contributed by atoms with Crippen molar-refractivity contribution < 1.29 is 9.13 Å². The Hall–Kier alpha value is -2.33. The van der Waals surface area contributed by atoms with Crippen LogP contribution in [0.15, 0.2) is 59.3 Å². The zero-order chi connectivity index (χ0) is 22.4. The second kappa shape index (κ2) is 14.6.